The van der Waals surface area contributed by atoms with E-state index in [9.17, 15) is 0 Å². The van der Waals surface area contributed by atoms with Crippen LogP contribution >= 0.6 is 11.6 Å². The molecule has 3 aromatic carbocycles. The van der Waals surface area contributed by atoms with Gasteiger partial charge in [-0.2, -0.15) is 0 Å². The average molecular weight is 347 g/mol. The van der Waals surface area contributed by atoms with Crippen LogP contribution in [0.4, 0.5) is 0 Å². The molecule has 4 nitrogen and oxygen atoms in total. The minimum absolute atomic E-state index is 0.515. The zero-order chi connectivity index (χ0) is 16.8. The summed E-state index contributed by atoms with van der Waals surface area (Å²) in [6, 6.07) is 20.8. The van der Waals surface area contributed by atoms with Crippen LogP contribution in [0.3, 0.4) is 0 Å². The summed E-state index contributed by atoms with van der Waals surface area (Å²) in [4.78, 5) is 9.05. The van der Waals surface area contributed by atoms with Crippen molar-refractivity contribution in [3.8, 4) is 22.9 Å². The first-order valence-electron chi connectivity index (χ1n) is 7.79. The number of rotatable bonds is 2. The second kappa shape index (κ2) is 5.46. The van der Waals surface area contributed by atoms with Crippen LogP contribution in [0, 0.1) is 0 Å². The van der Waals surface area contributed by atoms with Crippen LogP contribution in [-0.2, 0) is 0 Å². The van der Waals surface area contributed by atoms with Crippen molar-refractivity contribution in [2.24, 2.45) is 0 Å². The van der Waals surface area contributed by atoms with Crippen molar-refractivity contribution in [1.29, 1.82) is 0 Å². The summed E-state index contributed by atoms with van der Waals surface area (Å²) in [7, 11) is 0. The van der Waals surface area contributed by atoms with Crippen LogP contribution < -0.4 is 0 Å². The molecule has 5 rings (SSSR count). The SMILES string of the molecule is Clc1cc(-c2nc3ccccc3o2)cc(-c2nc3ccccc3o2)c1. The highest BCUT2D eigenvalue weighted by Gasteiger charge is 2.14. The Morgan fingerprint density at radius 1 is 0.640 bits per heavy atom. The minimum Gasteiger partial charge on any atom is -0.436 e. The number of fused-ring (bicyclic) bond motifs is 2. The molecule has 25 heavy (non-hydrogen) atoms. The Balaban J connectivity index is 1.66. The molecule has 0 aliphatic rings. The number of hydrogen-bond donors (Lipinski definition) is 0. The van der Waals surface area contributed by atoms with Gasteiger partial charge in [0, 0.05) is 16.1 Å². The maximum Gasteiger partial charge on any atom is 0.227 e. The largest absolute Gasteiger partial charge is 0.436 e. The maximum atomic E-state index is 6.31. The van der Waals surface area contributed by atoms with Crippen LogP contribution in [0.15, 0.2) is 75.6 Å². The number of aromatic nitrogens is 2. The highest BCUT2D eigenvalue weighted by Crippen LogP contribution is 2.32. The van der Waals surface area contributed by atoms with E-state index in [4.69, 9.17) is 20.4 Å². The highest BCUT2D eigenvalue weighted by atomic mass is 35.5. The number of halogens is 1. The van der Waals surface area contributed by atoms with E-state index < -0.39 is 0 Å². The van der Waals surface area contributed by atoms with Gasteiger partial charge in [0.1, 0.15) is 11.0 Å². The lowest BCUT2D eigenvalue weighted by Crippen LogP contribution is -1.82. The molecule has 0 fully saturated rings. The molecular formula is C20H11ClN2O2. The van der Waals surface area contributed by atoms with E-state index in [-0.39, 0.29) is 0 Å². The van der Waals surface area contributed by atoms with Gasteiger partial charge in [-0.3, -0.25) is 0 Å². The van der Waals surface area contributed by atoms with Crippen molar-refractivity contribution in [2.45, 2.75) is 0 Å². The number of para-hydroxylation sites is 4. The van der Waals surface area contributed by atoms with Crippen molar-refractivity contribution in [2.75, 3.05) is 0 Å². The summed E-state index contributed by atoms with van der Waals surface area (Å²) < 4.78 is 11.7. The molecular weight excluding hydrogens is 336 g/mol. The summed E-state index contributed by atoms with van der Waals surface area (Å²) in [6.07, 6.45) is 0. The molecule has 0 saturated carbocycles. The monoisotopic (exact) mass is 346 g/mol. The van der Waals surface area contributed by atoms with E-state index in [1.165, 1.54) is 0 Å². The van der Waals surface area contributed by atoms with Crippen molar-refractivity contribution >= 4 is 33.8 Å². The smallest absolute Gasteiger partial charge is 0.227 e. The van der Waals surface area contributed by atoms with Crippen LogP contribution in [0.2, 0.25) is 5.02 Å². The van der Waals surface area contributed by atoms with Gasteiger partial charge >= 0.3 is 0 Å². The summed E-state index contributed by atoms with van der Waals surface area (Å²) in [6.45, 7) is 0. The maximum absolute atomic E-state index is 6.31. The Hall–Kier alpha value is -3.11. The third-order valence-corrected chi connectivity index (χ3v) is 4.20. The molecule has 120 valence electrons. The lowest BCUT2D eigenvalue weighted by molar-refractivity contribution is 0.617. The third-order valence-electron chi connectivity index (χ3n) is 3.98. The van der Waals surface area contributed by atoms with Gasteiger partial charge in [0.15, 0.2) is 11.2 Å². The van der Waals surface area contributed by atoms with Crippen LogP contribution in [0.5, 0.6) is 0 Å². The van der Waals surface area contributed by atoms with Gasteiger partial charge < -0.3 is 8.83 Å². The summed E-state index contributed by atoms with van der Waals surface area (Å²) in [5, 5.41) is 0.567. The van der Waals surface area contributed by atoms with E-state index in [2.05, 4.69) is 9.97 Å². The van der Waals surface area contributed by atoms with E-state index in [0.29, 0.717) is 16.8 Å². The van der Waals surface area contributed by atoms with Gasteiger partial charge in [-0.05, 0) is 42.5 Å². The molecule has 0 unspecified atom stereocenters. The van der Waals surface area contributed by atoms with Crippen LogP contribution in [0.1, 0.15) is 0 Å². The van der Waals surface area contributed by atoms with Gasteiger partial charge in [0.2, 0.25) is 11.8 Å². The number of hydrogen-bond acceptors (Lipinski definition) is 4. The van der Waals surface area contributed by atoms with Gasteiger partial charge in [0.25, 0.3) is 0 Å². The first-order valence-corrected chi connectivity index (χ1v) is 8.16. The predicted molar refractivity (Wildman–Crippen MR) is 97.5 cm³/mol. The highest BCUT2D eigenvalue weighted by molar-refractivity contribution is 6.31. The lowest BCUT2D eigenvalue weighted by Gasteiger charge is -2.01. The fourth-order valence-electron chi connectivity index (χ4n) is 2.83. The van der Waals surface area contributed by atoms with Crippen molar-refractivity contribution in [1.82, 2.24) is 9.97 Å². The predicted octanol–water partition coefficient (Wildman–Crippen LogP) is 5.96. The quantitative estimate of drug-likeness (QED) is 0.396. The normalized spacial score (nSPS) is 11.4. The van der Waals surface area contributed by atoms with E-state index in [0.717, 1.165) is 33.3 Å². The first kappa shape index (κ1) is 14.3. The molecule has 0 bridgehead atoms. The Bertz CT molecular complexity index is 1060. The van der Waals surface area contributed by atoms with Crippen molar-refractivity contribution in [3.05, 3.63) is 71.8 Å². The molecule has 5 heteroatoms. The van der Waals surface area contributed by atoms with E-state index >= 15 is 0 Å². The molecule has 5 aromatic rings. The van der Waals surface area contributed by atoms with E-state index in [1.807, 2.05) is 66.7 Å². The van der Waals surface area contributed by atoms with Crippen LogP contribution in [-0.4, -0.2) is 9.97 Å². The van der Waals surface area contributed by atoms with Crippen LogP contribution in [0.25, 0.3) is 45.1 Å². The molecule has 0 aliphatic heterocycles. The van der Waals surface area contributed by atoms with Gasteiger partial charge in [-0.15, -0.1) is 0 Å². The number of oxazole rings is 2. The molecule has 0 atom stereocenters. The third kappa shape index (κ3) is 2.47. The molecule has 0 amide bonds. The second-order valence-corrected chi connectivity index (χ2v) is 6.14. The van der Waals surface area contributed by atoms with Crippen molar-refractivity contribution < 1.29 is 8.83 Å². The van der Waals surface area contributed by atoms with Gasteiger partial charge in [-0.25, -0.2) is 9.97 Å². The summed E-state index contributed by atoms with van der Waals surface area (Å²) >= 11 is 6.31. The fourth-order valence-corrected chi connectivity index (χ4v) is 3.06. The lowest BCUT2D eigenvalue weighted by atomic mass is 10.1. The Morgan fingerprint density at radius 3 is 1.60 bits per heavy atom. The average Bonchev–Trinajstić information content (AvgIpc) is 3.25. The van der Waals surface area contributed by atoms with Crippen molar-refractivity contribution in [3.63, 3.8) is 0 Å². The molecule has 0 saturated heterocycles. The fraction of sp³-hybridized carbons (Fsp3) is 0. The van der Waals surface area contributed by atoms with Gasteiger partial charge in [0.05, 0.1) is 0 Å². The first-order chi connectivity index (χ1) is 12.3. The number of nitrogens with zero attached hydrogens (tertiary/aromatic N) is 2. The zero-order valence-electron chi connectivity index (χ0n) is 12.9. The Morgan fingerprint density at radius 2 is 1.12 bits per heavy atom. The molecule has 0 spiro atoms. The summed E-state index contributed by atoms with van der Waals surface area (Å²) in [5.41, 5.74) is 4.64. The molecule has 2 heterocycles. The topological polar surface area (TPSA) is 52.1 Å². The minimum atomic E-state index is 0.515. The Kier molecular flexibility index (Phi) is 3.11. The Labute approximate surface area is 147 Å². The standard InChI is InChI=1S/C20H11ClN2O2/c21-14-10-12(19-22-15-5-1-3-7-17(15)24-19)9-13(11-14)20-23-16-6-2-4-8-18(16)25-20/h1-11H. The zero-order valence-corrected chi connectivity index (χ0v) is 13.7. The number of benzene rings is 3. The van der Waals surface area contributed by atoms with E-state index in [1.54, 1.807) is 0 Å². The molecule has 2 aromatic heterocycles. The van der Waals surface area contributed by atoms with Gasteiger partial charge in [-0.1, -0.05) is 35.9 Å². The molecule has 0 radical (unpaired) electrons. The second-order valence-electron chi connectivity index (χ2n) is 5.70. The molecule has 0 N–H and O–H groups in total. The molecule has 0 aliphatic carbocycles. The summed E-state index contributed by atoms with van der Waals surface area (Å²) in [5.74, 6) is 1.03.